The molecule has 1 fully saturated rings. The molecule has 0 aromatic heterocycles. The highest BCUT2D eigenvalue weighted by Crippen LogP contribution is 2.16. The molecule has 1 heterocycles. The molecule has 26 heavy (non-hydrogen) atoms. The van der Waals surface area contributed by atoms with Gasteiger partial charge < -0.3 is 9.64 Å². The van der Waals surface area contributed by atoms with E-state index in [9.17, 15) is 13.6 Å². The summed E-state index contributed by atoms with van der Waals surface area (Å²) >= 11 is 0. The van der Waals surface area contributed by atoms with Crippen LogP contribution in [0.25, 0.3) is 0 Å². The highest BCUT2D eigenvalue weighted by molar-refractivity contribution is 5.94. The SMILES string of the molecule is COc1ccc(CN2CCCN(C(=O)c3cc(F)cc(F)c3)CC2)cc1. The highest BCUT2D eigenvalue weighted by Gasteiger charge is 2.21. The third kappa shape index (κ3) is 4.58. The topological polar surface area (TPSA) is 32.8 Å². The zero-order valence-corrected chi connectivity index (χ0v) is 14.8. The van der Waals surface area contributed by atoms with Crippen LogP contribution in [-0.2, 0) is 6.54 Å². The lowest BCUT2D eigenvalue weighted by Crippen LogP contribution is -2.35. The number of hydrogen-bond donors (Lipinski definition) is 0. The van der Waals surface area contributed by atoms with Crippen LogP contribution in [0.3, 0.4) is 0 Å². The Bertz CT molecular complexity index is 745. The van der Waals surface area contributed by atoms with E-state index in [0.29, 0.717) is 13.1 Å². The molecule has 2 aromatic rings. The summed E-state index contributed by atoms with van der Waals surface area (Å²) in [5.41, 5.74) is 1.24. The van der Waals surface area contributed by atoms with E-state index in [1.807, 2.05) is 24.3 Å². The molecule has 3 rings (SSSR count). The Morgan fingerprint density at radius 1 is 1.00 bits per heavy atom. The molecule has 6 heteroatoms. The molecule has 0 bridgehead atoms. The molecular weight excluding hydrogens is 338 g/mol. The van der Waals surface area contributed by atoms with Crippen LogP contribution in [0.15, 0.2) is 42.5 Å². The summed E-state index contributed by atoms with van der Waals surface area (Å²) in [6.45, 7) is 3.49. The molecule has 1 aliphatic rings. The third-order valence-corrected chi connectivity index (χ3v) is 4.55. The van der Waals surface area contributed by atoms with E-state index < -0.39 is 11.6 Å². The van der Waals surface area contributed by atoms with Crippen molar-refractivity contribution in [2.75, 3.05) is 33.3 Å². The van der Waals surface area contributed by atoms with E-state index in [0.717, 1.165) is 50.0 Å². The Morgan fingerprint density at radius 3 is 2.35 bits per heavy atom. The number of rotatable bonds is 4. The number of benzene rings is 2. The molecule has 1 saturated heterocycles. The summed E-state index contributed by atoms with van der Waals surface area (Å²) in [5, 5.41) is 0. The number of carbonyl (C=O) groups excluding carboxylic acids is 1. The van der Waals surface area contributed by atoms with Gasteiger partial charge in [0.05, 0.1) is 7.11 Å². The molecule has 0 unspecified atom stereocenters. The van der Waals surface area contributed by atoms with Gasteiger partial charge in [-0.3, -0.25) is 9.69 Å². The number of halogens is 2. The summed E-state index contributed by atoms with van der Waals surface area (Å²) in [5.74, 6) is -0.966. The highest BCUT2D eigenvalue weighted by atomic mass is 19.1. The van der Waals surface area contributed by atoms with Crippen LogP contribution in [0.5, 0.6) is 5.75 Å². The predicted molar refractivity (Wildman–Crippen MR) is 95.1 cm³/mol. The molecule has 0 spiro atoms. The molecule has 0 atom stereocenters. The lowest BCUT2D eigenvalue weighted by Gasteiger charge is -2.22. The molecule has 1 aliphatic heterocycles. The predicted octanol–water partition coefficient (Wildman–Crippen LogP) is 3.32. The van der Waals surface area contributed by atoms with Gasteiger partial charge in [0.2, 0.25) is 0 Å². The second kappa shape index (κ2) is 8.27. The maximum absolute atomic E-state index is 13.4. The fraction of sp³-hybridized carbons (Fsp3) is 0.350. The Labute approximate surface area is 152 Å². The van der Waals surface area contributed by atoms with Gasteiger partial charge in [0, 0.05) is 44.4 Å². The first kappa shape index (κ1) is 18.3. The molecule has 2 aromatic carbocycles. The Hall–Kier alpha value is -2.47. The molecule has 138 valence electrons. The maximum atomic E-state index is 13.4. The van der Waals surface area contributed by atoms with Crippen molar-refractivity contribution >= 4 is 5.91 Å². The molecule has 0 aliphatic carbocycles. The summed E-state index contributed by atoms with van der Waals surface area (Å²) < 4.78 is 31.9. The average molecular weight is 360 g/mol. The van der Waals surface area contributed by atoms with Crippen LogP contribution in [-0.4, -0.2) is 49.0 Å². The number of carbonyl (C=O) groups is 1. The van der Waals surface area contributed by atoms with Gasteiger partial charge in [-0.1, -0.05) is 12.1 Å². The first-order valence-corrected chi connectivity index (χ1v) is 8.66. The molecule has 0 radical (unpaired) electrons. The van der Waals surface area contributed by atoms with Crippen molar-refractivity contribution in [1.82, 2.24) is 9.80 Å². The third-order valence-electron chi connectivity index (χ3n) is 4.55. The number of amides is 1. The zero-order valence-electron chi connectivity index (χ0n) is 14.8. The van der Waals surface area contributed by atoms with E-state index in [1.165, 1.54) is 5.56 Å². The van der Waals surface area contributed by atoms with E-state index in [2.05, 4.69) is 4.90 Å². The van der Waals surface area contributed by atoms with Crippen molar-refractivity contribution in [2.45, 2.75) is 13.0 Å². The van der Waals surface area contributed by atoms with Gasteiger partial charge in [0.25, 0.3) is 5.91 Å². The van der Waals surface area contributed by atoms with E-state index in [4.69, 9.17) is 4.74 Å². The number of nitrogens with zero attached hydrogens (tertiary/aromatic N) is 2. The molecule has 0 N–H and O–H groups in total. The van der Waals surface area contributed by atoms with Crippen LogP contribution in [0.2, 0.25) is 0 Å². The van der Waals surface area contributed by atoms with Crippen LogP contribution >= 0.6 is 0 Å². The maximum Gasteiger partial charge on any atom is 0.254 e. The smallest absolute Gasteiger partial charge is 0.254 e. The monoisotopic (exact) mass is 360 g/mol. The minimum absolute atomic E-state index is 0.0612. The Balaban J connectivity index is 1.61. The second-order valence-corrected chi connectivity index (χ2v) is 6.43. The van der Waals surface area contributed by atoms with E-state index in [-0.39, 0.29) is 11.5 Å². The van der Waals surface area contributed by atoms with Crippen molar-refractivity contribution in [3.63, 3.8) is 0 Å². The van der Waals surface area contributed by atoms with Crippen molar-refractivity contribution in [1.29, 1.82) is 0 Å². The summed E-state index contributed by atoms with van der Waals surface area (Å²) in [4.78, 5) is 16.5. The number of methoxy groups -OCH3 is 1. The fourth-order valence-electron chi connectivity index (χ4n) is 3.18. The fourth-order valence-corrected chi connectivity index (χ4v) is 3.18. The first-order valence-electron chi connectivity index (χ1n) is 8.66. The van der Waals surface area contributed by atoms with Crippen molar-refractivity contribution in [3.05, 3.63) is 65.2 Å². The standard InChI is InChI=1S/C20H22F2N2O2/c1-26-19-5-3-15(4-6-19)14-23-7-2-8-24(10-9-23)20(25)16-11-17(21)13-18(22)12-16/h3-6,11-13H,2,7-10,14H2,1H3. The minimum atomic E-state index is -0.732. The van der Waals surface area contributed by atoms with E-state index in [1.54, 1.807) is 12.0 Å². The van der Waals surface area contributed by atoms with E-state index >= 15 is 0 Å². The summed E-state index contributed by atoms with van der Waals surface area (Å²) in [7, 11) is 1.64. The lowest BCUT2D eigenvalue weighted by molar-refractivity contribution is 0.0760. The molecule has 0 saturated carbocycles. The van der Waals surface area contributed by atoms with Gasteiger partial charge in [-0.2, -0.15) is 0 Å². The van der Waals surface area contributed by atoms with Gasteiger partial charge in [0.15, 0.2) is 0 Å². The molecular formula is C20H22F2N2O2. The quantitative estimate of drug-likeness (QED) is 0.839. The normalized spacial score (nSPS) is 15.6. The second-order valence-electron chi connectivity index (χ2n) is 6.43. The first-order chi connectivity index (χ1) is 12.5. The van der Waals surface area contributed by atoms with Crippen molar-refractivity contribution in [3.8, 4) is 5.75 Å². The van der Waals surface area contributed by atoms with Crippen LogP contribution in [0, 0.1) is 11.6 Å². The lowest BCUT2D eigenvalue weighted by atomic mass is 10.2. The van der Waals surface area contributed by atoms with Gasteiger partial charge in [-0.15, -0.1) is 0 Å². The summed E-state index contributed by atoms with van der Waals surface area (Å²) in [6.07, 6.45) is 0.819. The van der Waals surface area contributed by atoms with Crippen molar-refractivity contribution in [2.24, 2.45) is 0 Å². The minimum Gasteiger partial charge on any atom is -0.497 e. The Morgan fingerprint density at radius 2 is 1.69 bits per heavy atom. The Kier molecular flexibility index (Phi) is 5.83. The zero-order chi connectivity index (χ0) is 18.5. The summed E-state index contributed by atoms with van der Waals surface area (Å²) in [6, 6.07) is 10.9. The largest absolute Gasteiger partial charge is 0.497 e. The number of hydrogen-bond acceptors (Lipinski definition) is 3. The van der Waals surface area contributed by atoms with Gasteiger partial charge in [-0.25, -0.2) is 8.78 Å². The van der Waals surface area contributed by atoms with Gasteiger partial charge in [0.1, 0.15) is 17.4 Å². The van der Waals surface area contributed by atoms with Crippen LogP contribution < -0.4 is 4.74 Å². The molecule has 1 amide bonds. The number of ether oxygens (including phenoxy) is 1. The van der Waals surface area contributed by atoms with Crippen LogP contribution in [0.1, 0.15) is 22.3 Å². The van der Waals surface area contributed by atoms with Crippen molar-refractivity contribution < 1.29 is 18.3 Å². The van der Waals surface area contributed by atoms with Gasteiger partial charge in [-0.05, 0) is 36.2 Å². The average Bonchev–Trinajstić information content (AvgIpc) is 2.86. The molecule has 4 nitrogen and oxygen atoms in total. The van der Waals surface area contributed by atoms with Crippen LogP contribution in [0.4, 0.5) is 8.78 Å². The van der Waals surface area contributed by atoms with Gasteiger partial charge >= 0.3 is 0 Å².